The fourth-order valence-corrected chi connectivity index (χ4v) is 3.87. The fourth-order valence-electron chi connectivity index (χ4n) is 3.87. The maximum Gasteiger partial charge on any atom is 1.00 e. The van der Waals surface area contributed by atoms with Gasteiger partial charge in [-0.05, 0) is 30.2 Å². The van der Waals surface area contributed by atoms with E-state index in [2.05, 4.69) is 10.6 Å². The minimum Gasteiger partial charge on any atom is -1.00 e. The van der Waals surface area contributed by atoms with Gasteiger partial charge in [-0.1, -0.05) is 30.3 Å². The Labute approximate surface area is 232 Å². The summed E-state index contributed by atoms with van der Waals surface area (Å²) >= 11 is 0. The number of ether oxygens (including phenoxy) is 2. The van der Waals surface area contributed by atoms with Crippen LogP contribution in [0.15, 0.2) is 54.2 Å². The quantitative estimate of drug-likeness (QED) is 0.329. The molecule has 1 heterocycles. The van der Waals surface area contributed by atoms with Crippen LogP contribution >= 0.6 is 0 Å². The van der Waals surface area contributed by atoms with E-state index < -0.39 is 42.2 Å². The van der Waals surface area contributed by atoms with E-state index in [0.29, 0.717) is 28.2 Å². The van der Waals surface area contributed by atoms with Crippen LogP contribution in [0.25, 0.3) is 11.1 Å². The average molecular weight is 506 g/mol. The van der Waals surface area contributed by atoms with E-state index in [4.69, 9.17) is 9.47 Å². The number of carboxylic acid groups (broad SMARTS) is 1. The van der Waals surface area contributed by atoms with Gasteiger partial charge < -0.3 is 31.5 Å². The number of rotatable bonds is 8. The minimum atomic E-state index is -1.40. The van der Waals surface area contributed by atoms with E-state index in [0.717, 1.165) is 5.56 Å². The summed E-state index contributed by atoms with van der Waals surface area (Å²) in [4.78, 5) is 50.5. The van der Waals surface area contributed by atoms with E-state index >= 15 is 0 Å². The zero-order chi connectivity index (χ0) is 25.7. The summed E-state index contributed by atoms with van der Waals surface area (Å²) in [6.07, 6.45) is 0.936. The van der Waals surface area contributed by atoms with Crippen LogP contribution in [-0.2, 0) is 14.4 Å². The molecule has 0 saturated carbocycles. The van der Waals surface area contributed by atoms with Gasteiger partial charge in [-0.3, -0.25) is 14.4 Å². The molecule has 1 aliphatic rings. The number of urea groups is 1. The van der Waals surface area contributed by atoms with Gasteiger partial charge in [0.1, 0.15) is 0 Å². The molecule has 3 rings (SSSR count). The van der Waals surface area contributed by atoms with Gasteiger partial charge in [0.15, 0.2) is 23.3 Å². The first-order chi connectivity index (χ1) is 16.7. The molecule has 2 aromatic carbocycles. The Balaban J connectivity index is 0.00000342. The number of hydrogen-bond acceptors (Lipinski definition) is 6. The summed E-state index contributed by atoms with van der Waals surface area (Å²) in [7, 11) is 4.43. The molecular formula is C25H28N3NaO7. The predicted molar refractivity (Wildman–Crippen MR) is 128 cm³/mol. The SMILES string of the molecule is COc1cc([C@H](CC(=O)O)NC(=O)NC2C(=O)C(C)=CN(C)C2=O)cc(-c2ccccc2)c1OC.[H-].[Na+]. The van der Waals surface area contributed by atoms with Gasteiger partial charge in [0.05, 0.1) is 26.7 Å². The Morgan fingerprint density at radius 1 is 1.14 bits per heavy atom. The average Bonchev–Trinajstić information content (AvgIpc) is 2.84. The Bertz CT molecular complexity index is 1190. The first-order valence-electron chi connectivity index (χ1n) is 10.8. The minimum absolute atomic E-state index is 0. The van der Waals surface area contributed by atoms with Crippen molar-refractivity contribution in [1.82, 2.24) is 15.5 Å². The van der Waals surface area contributed by atoms with Crippen molar-refractivity contribution in [1.29, 1.82) is 0 Å². The molecule has 36 heavy (non-hydrogen) atoms. The Kier molecular flexibility index (Phi) is 10.1. The maximum atomic E-state index is 12.8. The number of carbonyl (C=O) groups excluding carboxylic acids is 3. The molecular weight excluding hydrogens is 477 g/mol. The number of hydrogen-bond donors (Lipinski definition) is 3. The van der Waals surface area contributed by atoms with Crippen molar-refractivity contribution < 1.29 is 64.7 Å². The molecule has 1 aliphatic heterocycles. The first kappa shape index (κ1) is 28.9. The number of aliphatic carboxylic acids is 1. The van der Waals surface area contributed by atoms with Crippen molar-refractivity contribution in [3.05, 3.63) is 59.8 Å². The molecule has 11 heteroatoms. The number of ketones is 1. The van der Waals surface area contributed by atoms with Crippen molar-refractivity contribution in [2.24, 2.45) is 0 Å². The molecule has 2 aromatic rings. The number of Topliss-reactive ketones (excluding diaryl/α,β-unsaturated/α-hetero) is 1. The van der Waals surface area contributed by atoms with Crippen LogP contribution in [0.2, 0.25) is 0 Å². The number of carboxylic acids is 1. The van der Waals surface area contributed by atoms with Crippen molar-refractivity contribution >= 4 is 23.7 Å². The molecule has 0 spiro atoms. The Morgan fingerprint density at radius 3 is 2.39 bits per heavy atom. The molecule has 0 aliphatic carbocycles. The van der Waals surface area contributed by atoms with Gasteiger partial charge in [-0.15, -0.1) is 0 Å². The molecule has 10 nitrogen and oxygen atoms in total. The van der Waals surface area contributed by atoms with Crippen LogP contribution in [0.3, 0.4) is 0 Å². The van der Waals surface area contributed by atoms with Crippen LogP contribution < -0.4 is 49.7 Å². The van der Waals surface area contributed by atoms with Gasteiger partial charge in [0.2, 0.25) is 0 Å². The first-order valence-corrected chi connectivity index (χ1v) is 10.8. The summed E-state index contributed by atoms with van der Waals surface area (Å²) in [5.41, 5.74) is 2.19. The van der Waals surface area contributed by atoms with E-state index in [1.807, 2.05) is 30.3 Å². The molecule has 0 saturated heterocycles. The summed E-state index contributed by atoms with van der Waals surface area (Å²) in [5.74, 6) is -1.49. The second-order valence-electron chi connectivity index (χ2n) is 8.00. The largest absolute Gasteiger partial charge is 1.00 e. The molecule has 3 N–H and O–H groups in total. The standard InChI is InChI=1S/C25H27N3O7.Na.H/c1-14-13-28(2)24(32)21(22(14)31)27-25(33)26-18(12-20(29)30)16-10-17(15-8-6-5-7-9-15)23(35-4)19(11-16)34-3;;/h5-11,13,18,21H,12H2,1-4H3,(H,29,30)(H2,26,27,33);;/q;+1;-1/t18-,21?;;/m0../s1. The van der Waals surface area contributed by atoms with Crippen LogP contribution in [-0.4, -0.2) is 61.0 Å². The van der Waals surface area contributed by atoms with E-state index in [9.17, 15) is 24.3 Å². The molecule has 0 bridgehead atoms. The summed E-state index contributed by atoms with van der Waals surface area (Å²) in [6, 6.07) is 9.30. The van der Waals surface area contributed by atoms with Crippen molar-refractivity contribution in [2.75, 3.05) is 21.3 Å². The number of amides is 3. The predicted octanol–water partition coefficient (Wildman–Crippen LogP) is -0.384. The summed E-state index contributed by atoms with van der Waals surface area (Å²) in [5, 5.41) is 14.4. The molecule has 3 amide bonds. The number of likely N-dealkylation sites (N-methyl/N-ethyl adjacent to an activating group) is 1. The van der Waals surface area contributed by atoms with Crippen molar-refractivity contribution in [3.8, 4) is 22.6 Å². The van der Waals surface area contributed by atoms with Crippen LogP contribution in [0.4, 0.5) is 4.79 Å². The normalized spacial score (nSPS) is 15.8. The molecule has 2 atom stereocenters. The zero-order valence-electron chi connectivity index (χ0n) is 21.8. The van der Waals surface area contributed by atoms with E-state index in [1.165, 1.54) is 32.4 Å². The monoisotopic (exact) mass is 505 g/mol. The third-order valence-corrected chi connectivity index (χ3v) is 5.58. The van der Waals surface area contributed by atoms with Crippen molar-refractivity contribution in [3.63, 3.8) is 0 Å². The van der Waals surface area contributed by atoms with Gasteiger partial charge in [-0.25, -0.2) is 4.79 Å². The number of nitrogens with zero attached hydrogens (tertiary/aromatic N) is 1. The van der Waals surface area contributed by atoms with Crippen LogP contribution in [0.1, 0.15) is 26.4 Å². The van der Waals surface area contributed by atoms with Gasteiger partial charge in [0.25, 0.3) is 5.91 Å². The van der Waals surface area contributed by atoms with Crippen molar-refractivity contribution in [2.45, 2.75) is 25.4 Å². The van der Waals surface area contributed by atoms with E-state index in [-0.39, 0.29) is 31.0 Å². The summed E-state index contributed by atoms with van der Waals surface area (Å²) in [6.45, 7) is 1.54. The zero-order valence-corrected chi connectivity index (χ0v) is 22.8. The topological polar surface area (TPSA) is 134 Å². The maximum absolute atomic E-state index is 12.8. The smallest absolute Gasteiger partial charge is 1.00 e. The van der Waals surface area contributed by atoms with E-state index in [1.54, 1.807) is 19.1 Å². The van der Waals surface area contributed by atoms with Gasteiger partial charge >= 0.3 is 41.6 Å². The Hall–Kier alpha value is -3.34. The summed E-state index contributed by atoms with van der Waals surface area (Å²) < 4.78 is 11.0. The third kappa shape index (κ3) is 6.45. The molecule has 0 fully saturated rings. The van der Waals surface area contributed by atoms with Crippen LogP contribution in [0, 0.1) is 0 Å². The fraction of sp³-hybridized carbons (Fsp3) is 0.280. The second kappa shape index (κ2) is 12.6. The number of carbonyl (C=O) groups is 4. The molecule has 0 radical (unpaired) electrons. The number of benzene rings is 2. The molecule has 0 aromatic heterocycles. The molecule has 186 valence electrons. The van der Waals surface area contributed by atoms with Gasteiger partial charge in [0, 0.05) is 24.4 Å². The van der Waals surface area contributed by atoms with Gasteiger partial charge in [-0.2, -0.15) is 0 Å². The number of methoxy groups -OCH3 is 2. The number of nitrogens with one attached hydrogen (secondary N) is 2. The Morgan fingerprint density at radius 2 is 1.81 bits per heavy atom. The third-order valence-electron chi connectivity index (χ3n) is 5.58. The molecule has 1 unspecified atom stereocenters. The van der Waals surface area contributed by atoms with Crippen LogP contribution in [0.5, 0.6) is 11.5 Å². The second-order valence-corrected chi connectivity index (χ2v) is 8.00.